The lowest BCUT2D eigenvalue weighted by Gasteiger charge is -2.36. The Balaban J connectivity index is 1.53. The summed E-state index contributed by atoms with van der Waals surface area (Å²) in [6.07, 6.45) is 0.649. The van der Waals surface area contributed by atoms with Gasteiger partial charge in [-0.3, -0.25) is 4.79 Å². The van der Waals surface area contributed by atoms with Gasteiger partial charge in [-0.25, -0.2) is 14.4 Å². The Morgan fingerprint density at radius 3 is 2.35 bits per heavy atom. The first-order valence-corrected chi connectivity index (χ1v) is 10.7. The van der Waals surface area contributed by atoms with E-state index in [-0.39, 0.29) is 11.7 Å². The van der Waals surface area contributed by atoms with Gasteiger partial charge in [0, 0.05) is 54.4 Å². The Bertz CT molecular complexity index is 1100. The number of anilines is 1. The van der Waals surface area contributed by atoms with E-state index in [4.69, 9.17) is 16.6 Å². The zero-order valence-corrected chi connectivity index (χ0v) is 18.4. The SMILES string of the molecule is Cc1nc(C)c(Cc2ccccc2Cl)c(N2CCN(C(=O)c3ccc(F)cc3)CC2)n1. The Labute approximate surface area is 186 Å². The molecular weight excluding hydrogens is 415 g/mol. The third kappa shape index (κ3) is 4.69. The number of rotatable bonds is 4. The molecule has 1 aromatic heterocycles. The van der Waals surface area contributed by atoms with Gasteiger partial charge in [0.05, 0.1) is 0 Å². The second-order valence-corrected chi connectivity index (χ2v) is 8.12. The number of carbonyl (C=O) groups is 1. The summed E-state index contributed by atoms with van der Waals surface area (Å²) >= 11 is 6.40. The third-order valence-electron chi connectivity index (χ3n) is 5.59. The predicted molar refractivity (Wildman–Crippen MR) is 120 cm³/mol. The van der Waals surface area contributed by atoms with E-state index < -0.39 is 0 Å². The number of halogens is 2. The molecule has 2 heterocycles. The highest BCUT2D eigenvalue weighted by Gasteiger charge is 2.25. The number of hydrogen-bond acceptors (Lipinski definition) is 4. The second kappa shape index (κ2) is 9.02. The fourth-order valence-corrected chi connectivity index (χ4v) is 4.12. The third-order valence-corrected chi connectivity index (χ3v) is 5.96. The zero-order valence-electron chi connectivity index (χ0n) is 17.6. The monoisotopic (exact) mass is 438 g/mol. The van der Waals surface area contributed by atoms with Crippen molar-refractivity contribution in [2.75, 3.05) is 31.1 Å². The number of nitrogens with zero attached hydrogens (tertiary/aromatic N) is 4. The molecule has 160 valence electrons. The molecule has 0 N–H and O–H groups in total. The summed E-state index contributed by atoms with van der Waals surface area (Å²) in [5.41, 5.74) is 3.53. The summed E-state index contributed by atoms with van der Waals surface area (Å²) in [7, 11) is 0. The highest BCUT2D eigenvalue weighted by Crippen LogP contribution is 2.27. The minimum absolute atomic E-state index is 0.0778. The van der Waals surface area contributed by atoms with Crippen molar-refractivity contribution in [2.45, 2.75) is 20.3 Å². The number of carbonyl (C=O) groups excluding carboxylic acids is 1. The predicted octanol–water partition coefficient (Wildman–Crippen LogP) is 4.44. The molecule has 0 aliphatic carbocycles. The lowest BCUT2D eigenvalue weighted by atomic mass is 10.0. The summed E-state index contributed by atoms with van der Waals surface area (Å²) in [6.45, 7) is 6.37. The summed E-state index contributed by atoms with van der Waals surface area (Å²) in [5, 5.41) is 0.725. The average Bonchev–Trinajstić information content (AvgIpc) is 2.77. The van der Waals surface area contributed by atoms with Crippen LogP contribution < -0.4 is 4.90 Å². The van der Waals surface area contributed by atoms with Crippen molar-refractivity contribution < 1.29 is 9.18 Å². The maximum Gasteiger partial charge on any atom is 0.253 e. The Hall–Kier alpha value is -2.99. The van der Waals surface area contributed by atoms with Gasteiger partial charge in [0.15, 0.2) is 0 Å². The van der Waals surface area contributed by atoms with Crippen LogP contribution in [0.5, 0.6) is 0 Å². The van der Waals surface area contributed by atoms with E-state index in [1.165, 1.54) is 24.3 Å². The van der Waals surface area contributed by atoms with Gasteiger partial charge in [-0.05, 0) is 49.7 Å². The number of hydrogen-bond donors (Lipinski definition) is 0. The summed E-state index contributed by atoms with van der Waals surface area (Å²) in [5.74, 6) is 1.20. The van der Waals surface area contributed by atoms with Crippen molar-refractivity contribution in [1.29, 1.82) is 0 Å². The highest BCUT2D eigenvalue weighted by molar-refractivity contribution is 6.31. The van der Waals surface area contributed by atoms with Crippen LogP contribution in [0, 0.1) is 19.7 Å². The molecule has 0 radical (unpaired) electrons. The van der Waals surface area contributed by atoms with E-state index in [1.54, 1.807) is 4.90 Å². The zero-order chi connectivity index (χ0) is 22.0. The fraction of sp³-hybridized carbons (Fsp3) is 0.292. The molecule has 0 spiro atoms. The summed E-state index contributed by atoms with van der Waals surface area (Å²) in [4.78, 5) is 26.1. The molecule has 31 heavy (non-hydrogen) atoms. The summed E-state index contributed by atoms with van der Waals surface area (Å²) in [6, 6.07) is 13.5. The van der Waals surface area contributed by atoms with Crippen molar-refractivity contribution in [3.05, 3.63) is 87.6 Å². The van der Waals surface area contributed by atoms with Crippen molar-refractivity contribution in [2.24, 2.45) is 0 Å². The standard InChI is InChI=1S/C24H24ClFN4O/c1-16-21(15-19-5-3-4-6-22(19)25)23(28-17(2)27-16)29-11-13-30(14-12-29)24(31)18-7-9-20(26)10-8-18/h3-10H,11-15H2,1-2H3. The first-order chi connectivity index (χ1) is 14.9. The van der Waals surface area contributed by atoms with Crippen LogP contribution in [-0.2, 0) is 6.42 Å². The van der Waals surface area contributed by atoms with Gasteiger partial charge in [0.25, 0.3) is 5.91 Å². The van der Waals surface area contributed by atoms with Gasteiger partial charge in [-0.2, -0.15) is 0 Å². The molecule has 1 amide bonds. The van der Waals surface area contributed by atoms with Crippen molar-refractivity contribution in [3.8, 4) is 0 Å². The molecular formula is C24H24ClFN4O. The molecule has 0 saturated carbocycles. The number of amides is 1. The van der Waals surface area contributed by atoms with Crippen molar-refractivity contribution in [1.82, 2.24) is 14.9 Å². The van der Waals surface area contributed by atoms with Crippen LogP contribution in [0.3, 0.4) is 0 Å². The highest BCUT2D eigenvalue weighted by atomic mass is 35.5. The maximum atomic E-state index is 13.2. The second-order valence-electron chi connectivity index (χ2n) is 7.71. The lowest BCUT2D eigenvalue weighted by molar-refractivity contribution is 0.0746. The maximum absolute atomic E-state index is 13.2. The molecule has 1 aliphatic heterocycles. The smallest absolute Gasteiger partial charge is 0.253 e. The fourth-order valence-electron chi connectivity index (χ4n) is 3.91. The molecule has 1 fully saturated rings. The average molecular weight is 439 g/mol. The molecule has 4 rings (SSSR count). The van der Waals surface area contributed by atoms with Crippen LogP contribution in [0.15, 0.2) is 48.5 Å². The van der Waals surface area contributed by atoms with Crippen molar-refractivity contribution >= 4 is 23.3 Å². The van der Waals surface area contributed by atoms with Gasteiger partial charge < -0.3 is 9.80 Å². The molecule has 1 aliphatic rings. The van der Waals surface area contributed by atoms with Crippen molar-refractivity contribution in [3.63, 3.8) is 0 Å². The van der Waals surface area contributed by atoms with Crippen LogP contribution in [0.4, 0.5) is 10.2 Å². The first-order valence-electron chi connectivity index (χ1n) is 10.3. The summed E-state index contributed by atoms with van der Waals surface area (Å²) < 4.78 is 13.2. The molecule has 5 nitrogen and oxygen atoms in total. The van der Waals surface area contributed by atoms with Crippen LogP contribution in [0.1, 0.15) is 33.0 Å². The van der Waals surface area contributed by atoms with E-state index in [0.717, 1.165) is 33.5 Å². The lowest BCUT2D eigenvalue weighted by Crippen LogP contribution is -2.49. The largest absolute Gasteiger partial charge is 0.353 e. The van der Waals surface area contributed by atoms with E-state index in [2.05, 4.69) is 9.88 Å². The minimum atomic E-state index is -0.345. The number of piperazine rings is 1. The van der Waals surface area contributed by atoms with Gasteiger partial charge in [-0.1, -0.05) is 29.8 Å². The van der Waals surface area contributed by atoms with Gasteiger partial charge in [-0.15, -0.1) is 0 Å². The molecule has 3 aromatic rings. The normalized spacial score (nSPS) is 14.1. The molecule has 2 aromatic carbocycles. The molecule has 1 saturated heterocycles. The first kappa shape index (κ1) is 21.2. The molecule has 7 heteroatoms. The van der Waals surface area contributed by atoms with Crippen LogP contribution >= 0.6 is 11.6 Å². The molecule has 0 unspecified atom stereocenters. The van der Waals surface area contributed by atoms with Gasteiger partial charge >= 0.3 is 0 Å². The van der Waals surface area contributed by atoms with Crippen LogP contribution in [0.2, 0.25) is 5.02 Å². The number of aromatic nitrogens is 2. The van der Waals surface area contributed by atoms with E-state index in [0.29, 0.717) is 38.2 Å². The van der Waals surface area contributed by atoms with E-state index in [1.807, 2.05) is 38.1 Å². The Morgan fingerprint density at radius 1 is 1.00 bits per heavy atom. The Morgan fingerprint density at radius 2 is 1.68 bits per heavy atom. The van der Waals surface area contributed by atoms with Crippen LogP contribution in [0.25, 0.3) is 0 Å². The number of benzene rings is 2. The number of aryl methyl sites for hydroxylation is 2. The van der Waals surface area contributed by atoms with Gasteiger partial charge in [0.1, 0.15) is 17.5 Å². The topological polar surface area (TPSA) is 49.3 Å². The van der Waals surface area contributed by atoms with Gasteiger partial charge in [0.2, 0.25) is 0 Å². The van der Waals surface area contributed by atoms with E-state index in [9.17, 15) is 9.18 Å². The molecule has 0 bridgehead atoms. The minimum Gasteiger partial charge on any atom is -0.353 e. The molecule has 0 atom stereocenters. The quantitative estimate of drug-likeness (QED) is 0.604. The Kier molecular flexibility index (Phi) is 6.18. The van der Waals surface area contributed by atoms with E-state index >= 15 is 0 Å². The van der Waals surface area contributed by atoms with Crippen LogP contribution in [-0.4, -0.2) is 47.0 Å².